The SMILES string of the molecule is C=C/C(=C\C=C(/C)c1ccc(O)cc1)c1ccc(O)cc1.CC. The van der Waals surface area contributed by atoms with Crippen molar-refractivity contribution in [1.29, 1.82) is 0 Å². The summed E-state index contributed by atoms with van der Waals surface area (Å²) in [4.78, 5) is 0. The summed E-state index contributed by atoms with van der Waals surface area (Å²) in [7, 11) is 0. The molecule has 2 rings (SSSR count). The lowest BCUT2D eigenvalue weighted by Gasteiger charge is -2.03. The summed E-state index contributed by atoms with van der Waals surface area (Å²) >= 11 is 0. The van der Waals surface area contributed by atoms with Crippen LogP contribution in [0.15, 0.2) is 73.3 Å². The highest BCUT2D eigenvalue weighted by Crippen LogP contribution is 2.21. The van der Waals surface area contributed by atoms with Gasteiger partial charge in [-0.05, 0) is 53.5 Å². The van der Waals surface area contributed by atoms with Gasteiger partial charge in [0.25, 0.3) is 0 Å². The topological polar surface area (TPSA) is 40.5 Å². The number of hydrogen-bond acceptors (Lipinski definition) is 2. The van der Waals surface area contributed by atoms with Crippen LogP contribution in [0, 0.1) is 0 Å². The van der Waals surface area contributed by atoms with Gasteiger partial charge >= 0.3 is 0 Å². The molecule has 0 saturated heterocycles. The molecule has 2 aromatic carbocycles. The van der Waals surface area contributed by atoms with E-state index in [-0.39, 0.29) is 11.5 Å². The molecule has 2 nitrogen and oxygen atoms in total. The average molecular weight is 308 g/mol. The second kappa shape index (κ2) is 9.31. The lowest BCUT2D eigenvalue weighted by molar-refractivity contribution is 0.474. The normalized spacial score (nSPS) is 11.4. The third-order valence-electron chi connectivity index (χ3n) is 3.26. The zero-order valence-corrected chi connectivity index (χ0v) is 14.0. The van der Waals surface area contributed by atoms with Gasteiger partial charge in [0.1, 0.15) is 11.5 Å². The molecule has 0 aliphatic heterocycles. The largest absolute Gasteiger partial charge is 0.508 e. The van der Waals surface area contributed by atoms with E-state index < -0.39 is 0 Å². The van der Waals surface area contributed by atoms with E-state index in [0.717, 1.165) is 22.3 Å². The molecule has 0 heterocycles. The van der Waals surface area contributed by atoms with Crippen molar-refractivity contribution in [2.75, 3.05) is 0 Å². The number of hydrogen-bond donors (Lipinski definition) is 2. The molecule has 0 aliphatic carbocycles. The first-order valence-electron chi connectivity index (χ1n) is 7.70. The first-order chi connectivity index (χ1) is 11.1. The quantitative estimate of drug-likeness (QED) is 0.701. The van der Waals surface area contributed by atoms with Gasteiger partial charge in [0.2, 0.25) is 0 Å². The fourth-order valence-corrected chi connectivity index (χ4v) is 1.97. The first kappa shape index (κ1) is 18.3. The molecule has 0 unspecified atom stereocenters. The van der Waals surface area contributed by atoms with Crippen LogP contribution in [0.3, 0.4) is 0 Å². The zero-order valence-electron chi connectivity index (χ0n) is 14.0. The summed E-state index contributed by atoms with van der Waals surface area (Å²) in [6, 6.07) is 14.1. The van der Waals surface area contributed by atoms with Gasteiger partial charge in [0, 0.05) is 0 Å². The Labute approximate surface area is 138 Å². The molecule has 0 spiro atoms. The van der Waals surface area contributed by atoms with Crippen LogP contribution in [0.2, 0.25) is 0 Å². The molecule has 0 saturated carbocycles. The van der Waals surface area contributed by atoms with Crippen molar-refractivity contribution < 1.29 is 10.2 Å². The van der Waals surface area contributed by atoms with Crippen molar-refractivity contribution >= 4 is 11.1 Å². The van der Waals surface area contributed by atoms with E-state index in [1.807, 2.05) is 57.2 Å². The lowest BCUT2D eigenvalue weighted by Crippen LogP contribution is -1.81. The summed E-state index contributed by atoms with van der Waals surface area (Å²) in [6.45, 7) is 9.84. The monoisotopic (exact) mass is 308 g/mol. The molecule has 0 fully saturated rings. The number of phenols is 2. The van der Waals surface area contributed by atoms with Crippen molar-refractivity contribution in [2.45, 2.75) is 20.8 Å². The number of aromatic hydroxyl groups is 2. The van der Waals surface area contributed by atoms with Crippen LogP contribution in [-0.4, -0.2) is 10.2 Å². The Balaban J connectivity index is 0.00000127. The van der Waals surface area contributed by atoms with E-state index in [2.05, 4.69) is 6.58 Å². The summed E-state index contributed by atoms with van der Waals surface area (Å²) < 4.78 is 0. The highest BCUT2D eigenvalue weighted by atomic mass is 16.3. The molecule has 0 atom stereocenters. The Bertz CT molecular complexity index is 675. The Morgan fingerprint density at radius 2 is 1.22 bits per heavy atom. The van der Waals surface area contributed by atoms with Crippen LogP contribution < -0.4 is 0 Å². The smallest absolute Gasteiger partial charge is 0.115 e. The van der Waals surface area contributed by atoms with Crippen molar-refractivity contribution in [3.63, 3.8) is 0 Å². The van der Waals surface area contributed by atoms with Gasteiger partial charge in [-0.1, -0.05) is 62.9 Å². The molecule has 2 heteroatoms. The predicted octanol–water partition coefficient (Wildman–Crippen LogP) is 5.80. The molecular formula is C21H24O2. The number of allylic oxidation sites excluding steroid dienone is 5. The average Bonchev–Trinajstić information content (AvgIpc) is 2.59. The zero-order chi connectivity index (χ0) is 17.2. The van der Waals surface area contributed by atoms with E-state index in [1.54, 1.807) is 30.3 Å². The van der Waals surface area contributed by atoms with E-state index in [1.165, 1.54) is 0 Å². The van der Waals surface area contributed by atoms with Crippen LogP contribution >= 0.6 is 0 Å². The van der Waals surface area contributed by atoms with Gasteiger partial charge in [0.05, 0.1) is 0 Å². The maximum Gasteiger partial charge on any atom is 0.115 e. The van der Waals surface area contributed by atoms with Crippen molar-refractivity contribution in [1.82, 2.24) is 0 Å². The predicted molar refractivity (Wildman–Crippen MR) is 99.4 cm³/mol. The molecule has 120 valence electrons. The minimum absolute atomic E-state index is 0.248. The van der Waals surface area contributed by atoms with E-state index >= 15 is 0 Å². The molecule has 0 aliphatic rings. The third-order valence-corrected chi connectivity index (χ3v) is 3.26. The second-order valence-corrected chi connectivity index (χ2v) is 4.77. The minimum Gasteiger partial charge on any atom is -0.508 e. The van der Waals surface area contributed by atoms with Crippen molar-refractivity contribution in [3.05, 3.63) is 84.5 Å². The van der Waals surface area contributed by atoms with Crippen LogP contribution in [-0.2, 0) is 0 Å². The molecule has 0 aromatic heterocycles. The molecule has 0 bridgehead atoms. The van der Waals surface area contributed by atoms with Gasteiger partial charge in [-0.25, -0.2) is 0 Å². The minimum atomic E-state index is 0.248. The molecular weight excluding hydrogens is 284 g/mol. The van der Waals surface area contributed by atoms with Gasteiger partial charge in [-0.3, -0.25) is 0 Å². The second-order valence-electron chi connectivity index (χ2n) is 4.77. The van der Waals surface area contributed by atoms with Gasteiger partial charge in [-0.2, -0.15) is 0 Å². The maximum atomic E-state index is 9.32. The molecule has 23 heavy (non-hydrogen) atoms. The Hall–Kier alpha value is -2.74. The van der Waals surface area contributed by atoms with Crippen LogP contribution in [0.5, 0.6) is 11.5 Å². The fraction of sp³-hybridized carbons (Fsp3) is 0.143. The van der Waals surface area contributed by atoms with E-state index in [0.29, 0.717) is 0 Å². The maximum absolute atomic E-state index is 9.32. The Morgan fingerprint density at radius 3 is 1.65 bits per heavy atom. The van der Waals surface area contributed by atoms with Crippen LogP contribution in [0.25, 0.3) is 11.1 Å². The Morgan fingerprint density at radius 1 is 0.783 bits per heavy atom. The Kier molecular flexibility index (Phi) is 7.41. The van der Waals surface area contributed by atoms with E-state index in [9.17, 15) is 10.2 Å². The van der Waals surface area contributed by atoms with Crippen molar-refractivity contribution in [2.24, 2.45) is 0 Å². The van der Waals surface area contributed by atoms with Crippen LogP contribution in [0.1, 0.15) is 31.9 Å². The van der Waals surface area contributed by atoms with Gasteiger partial charge in [0.15, 0.2) is 0 Å². The summed E-state index contributed by atoms with van der Waals surface area (Å²) in [6.07, 6.45) is 5.78. The van der Waals surface area contributed by atoms with Gasteiger partial charge in [-0.15, -0.1) is 0 Å². The number of phenolic OH excluding ortho intramolecular Hbond substituents is 2. The highest BCUT2D eigenvalue weighted by Gasteiger charge is 1.98. The molecule has 2 aromatic rings. The fourth-order valence-electron chi connectivity index (χ4n) is 1.97. The summed E-state index contributed by atoms with van der Waals surface area (Å²) in [5.74, 6) is 0.510. The lowest BCUT2D eigenvalue weighted by atomic mass is 10.0. The summed E-state index contributed by atoms with van der Waals surface area (Å²) in [5.41, 5.74) is 4.12. The molecule has 2 N–H and O–H groups in total. The first-order valence-corrected chi connectivity index (χ1v) is 7.70. The molecule has 0 radical (unpaired) electrons. The van der Waals surface area contributed by atoms with Gasteiger partial charge < -0.3 is 10.2 Å². The highest BCUT2D eigenvalue weighted by molar-refractivity contribution is 5.77. The van der Waals surface area contributed by atoms with Crippen LogP contribution in [0.4, 0.5) is 0 Å². The van der Waals surface area contributed by atoms with E-state index in [4.69, 9.17) is 0 Å². The third kappa shape index (κ3) is 5.51. The number of benzene rings is 2. The summed E-state index contributed by atoms with van der Waals surface area (Å²) in [5, 5.41) is 18.6. The number of rotatable bonds is 4. The molecule has 0 amide bonds. The standard InChI is InChI=1S/C19H18O2.C2H6/c1-3-15(17-8-12-19(21)13-9-17)5-4-14(2)16-6-10-18(20)11-7-16;1-2/h3-13,20-21H,1H2,2H3;1-2H3/b14-4+,15-5+;. The van der Waals surface area contributed by atoms with Crippen molar-refractivity contribution in [3.8, 4) is 11.5 Å².